The Morgan fingerprint density at radius 3 is 3.10 bits per heavy atom. The first kappa shape index (κ1) is 7.48. The second-order valence-electron chi connectivity index (χ2n) is 2.19. The van der Waals surface area contributed by atoms with Gasteiger partial charge in [0.1, 0.15) is 6.29 Å². The SMILES string of the molecule is O=CCCCc1ccsc1. The molecule has 1 rings (SSSR count). The molecule has 0 aliphatic rings. The third-order valence-electron chi connectivity index (χ3n) is 1.37. The highest BCUT2D eigenvalue weighted by Crippen LogP contribution is 2.08. The molecule has 0 aromatic carbocycles. The molecular weight excluding hydrogens is 144 g/mol. The Kier molecular flexibility index (Phi) is 3.16. The number of hydrogen-bond acceptors (Lipinski definition) is 2. The molecule has 10 heavy (non-hydrogen) atoms. The molecule has 0 aliphatic carbocycles. The van der Waals surface area contributed by atoms with Crippen LogP contribution in [0.25, 0.3) is 0 Å². The van der Waals surface area contributed by atoms with Crippen molar-refractivity contribution in [1.82, 2.24) is 0 Å². The Morgan fingerprint density at radius 2 is 2.50 bits per heavy atom. The minimum Gasteiger partial charge on any atom is -0.303 e. The van der Waals surface area contributed by atoms with Crippen LogP contribution in [-0.2, 0) is 11.2 Å². The first-order valence-electron chi connectivity index (χ1n) is 3.38. The van der Waals surface area contributed by atoms with Gasteiger partial charge in [-0.05, 0) is 35.2 Å². The molecule has 0 atom stereocenters. The standard InChI is InChI=1S/C8H10OS/c9-5-2-1-3-8-4-6-10-7-8/h4-7H,1-3H2. The van der Waals surface area contributed by atoms with E-state index < -0.39 is 0 Å². The number of rotatable bonds is 4. The fourth-order valence-corrected chi connectivity index (χ4v) is 1.53. The summed E-state index contributed by atoms with van der Waals surface area (Å²) in [6.07, 6.45) is 3.70. The highest BCUT2D eigenvalue weighted by atomic mass is 32.1. The molecule has 0 unspecified atom stereocenters. The summed E-state index contributed by atoms with van der Waals surface area (Å²) in [6, 6.07) is 2.11. The summed E-state index contributed by atoms with van der Waals surface area (Å²) >= 11 is 1.71. The Morgan fingerprint density at radius 1 is 1.60 bits per heavy atom. The van der Waals surface area contributed by atoms with E-state index in [-0.39, 0.29) is 0 Å². The van der Waals surface area contributed by atoms with Crippen molar-refractivity contribution < 1.29 is 4.79 Å². The van der Waals surface area contributed by atoms with Crippen molar-refractivity contribution in [3.63, 3.8) is 0 Å². The van der Waals surface area contributed by atoms with Crippen LogP contribution in [0.5, 0.6) is 0 Å². The zero-order chi connectivity index (χ0) is 7.23. The Labute approximate surface area is 64.7 Å². The van der Waals surface area contributed by atoms with E-state index in [9.17, 15) is 4.79 Å². The predicted molar refractivity (Wildman–Crippen MR) is 43.3 cm³/mol. The van der Waals surface area contributed by atoms with Crippen LogP contribution in [0, 0.1) is 0 Å². The van der Waals surface area contributed by atoms with Gasteiger partial charge in [0.05, 0.1) is 0 Å². The average molecular weight is 154 g/mol. The van der Waals surface area contributed by atoms with Crippen molar-refractivity contribution in [2.24, 2.45) is 0 Å². The Hall–Kier alpha value is -0.630. The number of thiophene rings is 1. The smallest absolute Gasteiger partial charge is 0.120 e. The van der Waals surface area contributed by atoms with Gasteiger partial charge in [0.25, 0.3) is 0 Å². The van der Waals surface area contributed by atoms with Gasteiger partial charge in [-0.25, -0.2) is 0 Å². The van der Waals surface area contributed by atoms with Gasteiger partial charge in [-0.2, -0.15) is 11.3 Å². The third-order valence-corrected chi connectivity index (χ3v) is 2.10. The van der Waals surface area contributed by atoms with Gasteiger partial charge in [0.2, 0.25) is 0 Å². The van der Waals surface area contributed by atoms with Crippen LogP contribution in [0.3, 0.4) is 0 Å². The molecule has 0 bridgehead atoms. The van der Waals surface area contributed by atoms with Crippen LogP contribution in [0.15, 0.2) is 16.8 Å². The molecule has 2 heteroatoms. The van der Waals surface area contributed by atoms with Crippen LogP contribution in [-0.4, -0.2) is 6.29 Å². The first-order valence-corrected chi connectivity index (χ1v) is 4.32. The largest absolute Gasteiger partial charge is 0.303 e. The number of carbonyl (C=O) groups is 1. The van der Waals surface area contributed by atoms with Gasteiger partial charge >= 0.3 is 0 Å². The van der Waals surface area contributed by atoms with Crippen molar-refractivity contribution >= 4 is 17.6 Å². The molecule has 0 N–H and O–H groups in total. The number of aryl methyl sites for hydroxylation is 1. The van der Waals surface area contributed by atoms with Crippen molar-refractivity contribution in [1.29, 1.82) is 0 Å². The molecule has 0 fully saturated rings. The fourth-order valence-electron chi connectivity index (χ4n) is 0.824. The molecule has 1 nitrogen and oxygen atoms in total. The number of unbranched alkanes of at least 4 members (excludes halogenated alkanes) is 1. The summed E-state index contributed by atoms with van der Waals surface area (Å²) in [5, 5.41) is 4.20. The molecular formula is C8H10OS. The van der Waals surface area contributed by atoms with E-state index in [2.05, 4.69) is 16.8 Å². The van der Waals surface area contributed by atoms with E-state index in [1.54, 1.807) is 11.3 Å². The van der Waals surface area contributed by atoms with Crippen LogP contribution in [0.1, 0.15) is 18.4 Å². The van der Waals surface area contributed by atoms with Crippen LogP contribution in [0.4, 0.5) is 0 Å². The topological polar surface area (TPSA) is 17.1 Å². The van der Waals surface area contributed by atoms with Crippen molar-refractivity contribution in [3.8, 4) is 0 Å². The molecule has 0 amide bonds. The Bertz CT molecular complexity index is 179. The maximum atomic E-state index is 9.94. The fraction of sp³-hybridized carbons (Fsp3) is 0.375. The molecule has 54 valence electrons. The van der Waals surface area contributed by atoms with Gasteiger partial charge in [0.15, 0.2) is 0 Å². The maximum absolute atomic E-state index is 9.94. The molecule has 0 aliphatic heterocycles. The van der Waals surface area contributed by atoms with Crippen molar-refractivity contribution in [3.05, 3.63) is 22.4 Å². The predicted octanol–water partition coefficient (Wildman–Crippen LogP) is 2.27. The minimum atomic E-state index is 0.690. The molecule has 0 radical (unpaired) electrons. The maximum Gasteiger partial charge on any atom is 0.120 e. The third kappa shape index (κ3) is 2.31. The van der Waals surface area contributed by atoms with E-state index in [1.165, 1.54) is 5.56 Å². The van der Waals surface area contributed by atoms with Gasteiger partial charge in [-0.15, -0.1) is 0 Å². The van der Waals surface area contributed by atoms with E-state index in [0.29, 0.717) is 6.42 Å². The number of hydrogen-bond donors (Lipinski definition) is 0. The minimum absolute atomic E-state index is 0.690. The lowest BCUT2D eigenvalue weighted by Gasteiger charge is -1.90. The van der Waals surface area contributed by atoms with Gasteiger partial charge in [-0.1, -0.05) is 0 Å². The first-order chi connectivity index (χ1) is 4.93. The van der Waals surface area contributed by atoms with Gasteiger partial charge in [-0.3, -0.25) is 0 Å². The lowest BCUT2D eigenvalue weighted by atomic mass is 10.2. The van der Waals surface area contributed by atoms with Gasteiger partial charge in [0, 0.05) is 6.42 Å². The highest BCUT2D eigenvalue weighted by molar-refractivity contribution is 7.07. The number of carbonyl (C=O) groups excluding carboxylic acids is 1. The lowest BCUT2D eigenvalue weighted by Crippen LogP contribution is -1.81. The molecule has 1 aromatic heterocycles. The monoisotopic (exact) mass is 154 g/mol. The van der Waals surface area contributed by atoms with Crippen LogP contribution in [0.2, 0.25) is 0 Å². The second-order valence-corrected chi connectivity index (χ2v) is 2.97. The number of aldehydes is 1. The van der Waals surface area contributed by atoms with E-state index in [0.717, 1.165) is 19.1 Å². The zero-order valence-corrected chi connectivity index (χ0v) is 6.56. The zero-order valence-electron chi connectivity index (χ0n) is 5.75. The average Bonchev–Trinajstić information content (AvgIpc) is 2.41. The summed E-state index contributed by atoms with van der Waals surface area (Å²) in [4.78, 5) is 9.94. The summed E-state index contributed by atoms with van der Waals surface area (Å²) in [7, 11) is 0. The lowest BCUT2D eigenvalue weighted by molar-refractivity contribution is -0.107. The van der Waals surface area contributed by atoms with Gasteiger partial charge < -0.3 is 4.79 Å². The van der Waals surface area contributed by atoms with Crippen LogP contribution >= 0.6 is 11.3 Å². The van der Waals surface area contributed by atoms with Crippen LogP contribution < -0.4 is 0 Å². The summed E-state index contributed by atoms with van der Waals surface area (Å²) < 4.78 is 0. The molecule has 0 saturated carbocycles. The van der Waals surface area contributed by atoms with Crippen molar-refractivity contribution in [2.75, 3.05) is 0 Å². The van der Waals surface area contributed by atoms with Crippen molar-refractivity contribution in [2.45, 2.75) is 19.3 Å². The quantitative estimate of drug-likeness (QED) is 0.480. The molecule has 1 heterocycles. The summed E-state index contributed by atoms with van der Waals surface area (Å²) in [5.41, 5.74) is 1.35. The second kappa shape index (κ2) is 4.23. The molecule has 1 aromatic rings. The Balaban J connectivity index is 2.21. The normalized spacial score (nSPS) is 9.60. The highest BCUT2D eigenvalue weighted by Gasteiger charge is 1.90. The molecule has 0 spiro atoms. The van der Waals surface area contributed by atoms with E-state index in [1.807, 2.05) is 0 Å². The molecule has 0 saturated heterocycles. The van der Waals surface area contributed by atoms with E-state index >= 15 is 0 Å². The summed E-state index contributed by atoms with van der Waals surface area (Å²) in [6.45, 7) is 0. The van der Waals surface area contributed by atoms with E-state index in [4.69, 9.17) is 0 Å². The summed E-state index contributed by atoms with van der Waals surface area (Å²) in [5.74, 6) is 0.